The van der Waals surface area contributed by atoms with Crippen LogP contribution in [0.4, 0.5) is 0 Å². The molecule has 1 aromatic carbocycles. The zero-order valence-electron chi connectivity index (χ0n) is 25.0. The van der Waals surface area contributed by atoms with Crippen LogP contribution in [0, 0.1) is 11.3 Å². The molecule has 42 heavy (non-hydrogen) atoms. The van der Waals surface area contributed by atoms with Crippen molar-refractivity contribution in [3.63, 3.8) is 0 Å². The molecule has 0 saturated carbocycles. The summed E-state index contributed by atoms with van der Waals surface area (Å²) in [7, 11) is 0. The van der Waals surface area contributed by atoms with Gasteiger partial charge in [-0.2, -0.15) is 0 Å². The van der Waals surface area contributed by atoms with E-state index < -0.39 is 5.60 Å². The molecular formula is C36H48N4O2. The van der Waals surface area contributed by atoms with Gasteiger partial charge in [-0.05, 0) is 113 Å². The van der Waals surface area contributed by atoms with Crippen molar-refractivity contribution in [1.29, 1.82) is 0 Å². The number of piperidine rings is 1. The van der Waals surface area contributed by atoms with Gasteiger partial charge in [-0.1, -0.05) is 42.5 Å². The first-order chi connectivity index (χ1) is 20.6. The SMILES string of the molecule is Oc1cccc2c3c([nH]c12)C(C1=C[C@@]2(O)CC/C=C\CCCCN4CC[C@@H]1[C@]1(CC5/C=C\CCCCN5[C@H]12)C4)NCC3. The molecule has 6 heterocycles. The van der Waals surface area contributed by atoms with Crippen LogP contribution in [0.5, 0.6) is 5.75 Å². The molecule has 3 unspecified atom stereocenters. The van der Waals surface area contributed by atoms with Gasteiger partial charge in [0.2, 0.25) is 0 Å². The lowest BCUT2D eigenvalue weighted by atomic mass is 9.54. The molecule has 1 aromatic heterocycles. The van der Waals surface area contributed by atoms with Crippen molar-refractivity contribution in [2.24, 2.45) is 11.3 Å². The van der Waals surface area contributed by atoms with E-state index in [0.29, 0.717) is 17.7 Å². The largest absolute Gasteiger partial charge is 0.506 e. The van der Waals surface area contributed by atoms with Crippen LogP contribution in [0.1, 0.15) is 81.5 Å². The molecule has 3 bridgehead atoms. The predicted molar refractivity (Wildman–Crippen MR) is 169 cm³/mol. The highest BCUT2D eigenvalue weighted by molar-refractivity contribution is 5.90. The van der Waals surface area contributed by atoms with Crippen LogP contribution in [-0.2, 0) is 6.42 Å². The maximum absolute atomic E-state index is 13.1. The highest BCUT2D eigenvalue weighted by Gasteiger charge is 2.66. The normalized spacial score (nSPS) is 40.3. The molecule has 4 N–H and O–H groups in total. The molecule has 6 aliphatic rings. The van der Waals surface area contributed by atoms with Crippen molar-refractivity contribution in [2.45, 2.75) is 94.4 Å². The highest BCUT2D eigenvalue weighted by atomic mass is 16.3. The number of aromatic hydroxyl groups is 1. The number of benzene rings is 1. The van der Waals surface area contributed by atoms with Crippen molar-refractivity contribution < 1.29 is 10.2 Å². The fraction of sp³-hybridized carbons (Fsp3) is 0.611. The fourth-order valence-electron chi connectivity index (χ4n) is 10.2. The number of hydrogen-bond donors (Lipinski definition) is 4. The topological polar surface area (TPSA) is 74.8 Å². The molecule has 1 spiro atoms. The third-order valence-corrected chi connectivity index (χ3v) is 11.8. The number of hydrogen-bond acceptors (Lipinski definition) is 5. The number of rotatable bonds is 1. The lowest BCUT2D eigenvalue weighted by Gasteiger charge is -2.59. The fourth-order valence-corrected chi connectivity index (χ4v) is 10.2. The van der Waals surface area contributed by atoms with Crippen molar-refractivity contribution >= 4 is 10.9 Å². The number of nitrogens with zero attached hydrogens (tertiary/aromatic N) is 2. The number of aromatic nitrogens is 1. The predicted octanol–water partition coefficient (Wildman–Crippen LogP) is 5.74. The summed E-state index contributed by atoms with van der Waals surface area (Å²) in [6.07, 6.45) is 24.2. The Morgan fingerprint density at radius 1 is 0.952 bits per heavy atom. The second-order valence-electron chi connectivity index (χ2n) is 14.2. The summed E-state index contributed by atoms with van der Waals surface area (Å²) in [5.41, 5.74) is 3.91. The Labute approximate surface area is 250 Å². The maximum Gasteiger partial charge on any atom is 0.139 e. The van der Waals surface area contributed by atoms with E-state index in [9.17, 15) is 10.2 Å². The molecule has 7 atom stereocenters. The molecule has 8 rings (SSSR count). The van der Waals surface area contributed by atoms with Gasteiger partial charge in [-0.25, -0.2) is 0 Å². The number of phenolic OH excluding ortho intramolecular Hbond substituents is 1. The number of fused-ring (bicyclic) bond motifs is 5. The lowest BCUT2D eigenvalue weighted by molar-refractivity contribution is -0.0984. The standard InChI is InChI=1S/C36H48N4O2/c41-30-14-11-13-26-27-15-18-37-32(33(27)38-31(26)30)28-23-36(42)17-8-4-1-2-5-9-19-39-21-16-29(28)35(24-39)22-25-12-7-3-6-10-20-40(25)34(35)36/h1,4,7,11-14,23,25,29,32,34,37-38,41-42H,2-3,5-6,8-10,15-22,24H2/b4-1-,12-7-/t25?,29-,32?,34+,35-,36-/m0/s1. The molecular weight excluding hydrogens is 520 g/mol. The average molecular weight is 569 g/mol. The lowest BCUT2D eigenvalue weighted by Crippen LogP contribution is -2.66. The first-order valence-electron chi connectivity index (χ1n) is 16.9. The van der Waals surface area contributed by atoms with Crippen LogP contribution in [-0.4, -0.2) is 75.4 Å². The average Bonchev–Trinajstić information content (AvgIpc) is 3.50. The van der Waals surface area contributed by atoms with Crippen LogP contribution >= 0.6 is 0 Å². The Morgan fingerprint density at radius 3 is 2.74 bits per heavy atom. The van der Waals surface area contributed by atoms with E-state index in [1.807, 2.05) is 6.07 Å². The molecule has 224 valence electrons. The molecule has 5 aliphatic heterocycles. The summed E-state index contributed by atoms with van der Waals surface area (Å²) in [6, 6.07) is 6.47. The van der Waals surface area contributed by atoms with Gasteiger partial charge in [-0.15, -0.1) is 0 Å². The maximum atomic E-state index is 13.1. The summed E-state index contributed by atoms with van der Waals surface area (Å²) in [6.45, 7) is 5.38. The summed E-state index contributed by atoms with van der Waals surface area (Å²) in [4.78, 5) is 9.21. The van der Waals surface area contributed by atoms with Crippen LogP contribution in [0.15, 0.2) is 54.2 Å². The first kappa shape index (κ1) is 27.2. The number of aliphatic hydroxyl groups is 1. The van der Waals surface area contributed by atoms with Gasteiger partial charge in [0.05, 0.1) is 23.2 Å². The molecule has 2 fully saturated rings. The molecule has 1 aliphatic carbocycles. The minimum absolute atomic E-state index is 0.0155. The Morgan fingerprint density at radius 2 is 1.81 bits per heavy atom. The van der Waals surface area contributed by atoms with Gasteiger partial charge < -0.3 is 25.4 Å². The number of aromatic amines is 1. The molecule has 0 radical (unpaired) electrons. The summed E-state index contributed by atoms with van der Waals surface area (Å²) >= 11 is 0. The molecule has 6 nitrogen and oxygen atoms in total. The van der Waals surface area contributed by atoms with Gasteiger partial charge in [-0.3, -0.25) is 4.90 Å². The van der Waals surface area contributed by atoms with E-state index in [2.05, 4.69) is 56.5 Å². The summed E-state index contributed by atoms with van der Waals surface area (Å²) in [5.74, 6) is 0.744. The van der Waals surface area contributed by atoms with Crippen molar-refractivity contribution in [3.8, 4) is 5.75 Å². The van der Waals surface area contributed by atoms with Crippen LogP contribution < -0.4 is 5.32 Å². The van der Waals surface area contributed by atoms with Crippen LogP contribution in [0.3, 0.4) is 0 Å². The minimum Gasteiger partial charge on any atom is -0.506 e. The summed E-state index contributed by atoms with van der Waals surface area (Å²) in [5, 5.41) is 28.9. The van der Waals surface area contributed by atoms with Gasteiger partial charge in [0, 0.05) is 35.6 Å². The number of allylic oxidation sites excluding steroid dienone is 3. The van der Waals surface area contributed by atoms with E-state index >= 15 is 0 Å². The Bertz CT molecular complexity index is 1420. The third-order valence-electron chi connectivity index (χ3n) is 11.8. The van der Waals surface area contributed by atoms with Crippen LogP contribution in [0.2, 0.25) is 0 Å². The third kappa shape index (κ3) is 4.28. The Hall–Kier alpha value is -2.38. The zero-order valence-corrected chi connectivity index (χ0v) is 25.0. The highest BCUT2D eigenvalue weighted by Crippen LogP contribution is 2.61. The number of H-pyrrole nitrogens is 1. The molecule has 6 heteroatoms. The van der Waals surface area contributed by atoms with Crippen molar-refractivity contribution in [1.82, 2.24) is 20.1 Å². The van der Waals surface area contributed by atoms with Gasteiger partial charge in [0.15, 0.2) is 0 Å². The Kier molecular flexibility index (Phi) is 6.90. The van der Waals surface area contributed by atoms with E-state index in [4.69, 9.17) is 0 Å². The van der Waals surface area contributed by atoms with E-state index in [1.54, 1.807) is 6.07 Å². The van der Waals surface area contributed by atoms with Crippen molar-refractivity contribution in [2.75, 3.05) is 32.7 Å². The minimum atomic E-state index is -0.886. The van der Waals surface area contributed by atoms with E-state index in [0.717, 1.165) is 75.6 Å². The molecule has 2 saturated heterocycles. The van der Waals surface area contributed by atoms with E-state index in [-0.39, 0.29) is 17.5 Å². The smallest absolute Gasteiger partial charge is 0.139 e. The van der Waals surface area contributed by atoms with Gasteiger partial charge in [0.25, 0.3) is 0 Å². The second kappa shape index (κ2) is 10.7. The van der Waals surface area contributed by atoms with Gasteiger partial charge in [0.1, 0.15) is 5.75 Å². The number of phenols is 1. The Balaban J connectivity index is 1.30. The van der Waals surface area contributed by atoms with Crippen LogP contribution in [0.25, 0.3) is 10.9 Å². The van der Waals surface area contributed by atoms with E-state index in [1.165, 1.54) is 55.5 Å². The molecule has 2 aromatic rings. The molecule has 0 amide bonds. The number of para-hydroxylation sites is 1. The van der Waals surface area contributed by atoms with Crippen molar-refractivity contribution in [3.05, 3.63) is 65.4 Å². The quantitative estimate of drug-likeness (QED) is 0.330. The first-order valence-corrected chi connectivity index (χ1v) is 16.9. The monoisotopic (exact) mass is 568 g/mol. The zero-order chi connectivity index (χ0) is 28.3. The number of nitrogens with one attached hydrogen (secondary N) is 2. The van der Waals surface area contributed by atoms with Gasteiger partial charge >= 0.3 is 0 Å². The second-order valence-corrected chi connectivity index (χ2v) is 14.2. The summed E-state index contributed by atoms with van der Waals surface area (Å²) < 4.78 is 0.